The van der Waals surface area contributed by atoms with Crippen LogP contribution >= 0.6 is 0 Å². The van der Waals surface area contributed by atoms with Crippen LogP contribution in [0.15, 0.2) is 60.7 Å². The molecule has 1 saturated heterocycles. The number of rotatable bonds is 7. The van der Waals surface area contributed by atoms with Crippen LogP contribution in [-0.2, 0) is 32.2 Å². The first-order chi connectivity index (χ1) is 15.6. The molecule has 0 aromatic heterocycles. The zero-order valence-corrected chi connectivity index (χ0v) is 19.1. The summed E-state index contributed by atoms with van der Waals surface area (Å²) in [6.07, 6.45) is -0.899. The van der Waals surface area contributed by atoms with Gasteiger partial charge in [0.25, 0.3) is 0 Å². The van der Waals surface area contributed by atoms with E-state index in [1.807, 2.05) is 60.7 Å². The number of hydrogen-bond acceptors (Lipinski definition) is 6. The van der Waals surface area contributed by atoms with Gasteiger partial charge < -0.3 is 14.6 Å². The highest BCUT2D eigenvalue weighted by atomic mass is 16.6. The standard InChI is InChI=1S/C25H30N2O6/c1-24(2,3)33-21(28)20-14-25(22(29)30,26-15-18-10-6-4-7-11-18)17-27(20)23(31)32-16-19-12-8-5-9-13-19/h4-13,20,26H,14-17H2,1-3H3,(H,29,30)/t20-,25+/m0/s1. The zero-order valence-electron chi connectivity index (χ0n) is 19.1. The number of aliphatic carboxylic acids is 1. The number of esters is 1. The van der Waals surface area contributed by atoms with Crippen LogP contribution in [0.25, 0.3) is 0 Å². The molecule has 3 rings (SSSR count). The Morgan fingerprint density at radius 2 is 1.61 bits per heavy atom. The maximum atomic E-state index is 13.0. The molecule has 8 nitrogen and oxygen atoms in total. The van der Waals surface area contributed by atoms with Crippen LogP contribution in [0, 0.1) is 0 Å². The van der Waals surface area contributed by atoms with Crippen LogP contribution in [0.4, 0.5) is 4.79 Å². The van der Waals surface area contributed by atoms with Gasteiger partial charge in [-0.05, 0) is 31.9 Å². The molecule has 0 bridgehead atoms. The van der Waals surface area contributed by atoms with Crippen LogP contribution in [0.1, 0.15) is 38.3 Å². The van der Waals surface area contributed by atoms with E-state index in [1.165, 1.54) is 0 Å². The SMILES string of the molecule is CC(C)(C)OC(=O)[C@@H]1C[C@](NCc2ccccc2)(C(=O)O)CN1C(=O)OCc1ccccc1. The minimum atomic E-state index is -1.52. The van der Waals surface area contributed by atoms with Crippen molar-refractivity contribution in [2.24, 2.45) is 0 Å². The second-order valence-electron chi connectivity index (χ2n) is 9.15. The molecule has 1 aliphatic heterocycles. The fraction of sp³-hybridized carbons (Fsp3) is 0.400. The molecule has 2 aromatic carbocycles. The first-order valence-corrected chi connectivity index (χ1v) is 10.8. The van der Waals surface area contributed by atoms with Gasteiger partial charge in [-0.3, -0.25) is 15.0 Å². The lowest BCUT2D eigenvalue weighted by atomic mass is 9.95. The van der Waals surface area contributed by atoms with Gasteiger partial charge in [0.1, 0.15) is 23.8 Å². The molecule has 2 atom stereocenters. The number of benzene rings is 2. The van der Waals surface area contributed by atoms with E-state index in [-0.39, 0.29) is 26.1 Å². The van der Waals surface area contributed by atoms with Crippen LogP contribution in [0.2, 0.25) is 0 Å². The fourth-order valence-corrected chi connectivity index (χ4v) is 3.71. The number of nitrogens with zero attached hydrogens (tertiary/aromatic N) is 1. The molecule has 1 fully saturated rings. The third-order valence-electron chi connectivity index (χ3n) is 5.36. The predicted octanol–water partition coefficient (Wildman–Crippen LogP) is 3.35. The third kappa shape index (κ3) is 6.32. The average molecular weight is 455 g/mol. The van der Waals surface area contributed by atoms with Crippen LogP contribution < -0.4 is 5.32 Å². The molecule has 0 saturated carbocycles. The number of amides is 1. The monoisotopic (exact) mass is 454 g/mol. The first-order valence-electron chi connectivity index (χ1n) is 10.8. The average Bonchev–Trinajstić information content (AvgIpc) is 3.18. The summed E-state index contributed by atoms with van der Waals surface area (Å²) in [6, 6.07) is 17.4. The number of carbonyl (C=O) groups is 3. The Bertz CT molecular complexity index is 973. The van der Waals surface area contributed by atoms with Crippen molar-refractivity contribution in [1.29, 1.82) is 0 Å². The van der Waals surface area contributed by atoms with E-state index >= 15 is 0 Å². The second-order valence-corrected chi connectivity index (χ2v) is 9.15. The highest BCUT2D eigenvalue weighted by Crippen LogP contribution is 2.31. The Labute approximate surface area is 193 Å². The molecule has 33 heavy (non-hydrogen) atoms. The van der Waals surface area contributed by atoms with E-state index in [4.69, 9.17) is 9.47 Å². The molecular weight excluding hydrogens is 424 g/mol. The Hall–Kier alpha value is -3.39. The topological polar surface area (TPSA) is 105 Å². The predicted molar refractivity (Wildman–Crippen MR) is 121 cm³/mol. The maximum Gasteiger partial charge on any atom is 0.410 e. The molecule has 1 aliphatic rings. The third-order valence-corrected chi connectivity index (χ3v) is 5.36. The summed E-state index contributed by atoms with van der Waals surface area (Å²) in [5, 5.41) is 13.1. The van der Waals surface area contributed by atoms with Crippen LogP contribution in [-0.4, -0.2) is 51.8 Å². The summed E-state index contributed by atoms with van der Waals surface area (Å²) >= 11 is 0. The molecule has 8 heteroatoms. The van der Waals surface area contributed by atoms with E-state index in [2.05, 4.69) is 5.32 Å². The molecule has 1 amide bonds. The number of nitrogens with one attached hydrogen (secondary N) is 1. The minimum Gasteiger partial charge on any atom is -0.480 e. The second kappa shape index (κ2) is 10.0. The van der Waals surface area contributed by atoms with Gasteiger partial charge in [0.2, 0.25) is 0 Å². The maximum absolute atomic E-state index is 13.0. The summed E-state index contributed by atoms with van der Waals surface area (Å²) < 4.78 is 10.9. The lowest BCUT2D eigenvalue weighted by molar-refractivity contribution is -0.159. The van der Waals surface area contributed by atoms with E-state index in [0.717, 1.165) is 16.0 Å². The van der Waals surface area contributed by atoms with Gasteiger partial charge in [0.15, 0.2) is 0 Å². The van der Waals surface area contributed by atoms with Gasteiger partial charge in [-0.15, -0.1) is 0 Å². The van der Waals surface area contributed by atoms with Gasteiger partial charge in [-0.2, -0.15) is 0 Å². The van der Waals surface area contributed by atoms with E-state index in [1.54, 1.807) is 20.8 Å². The summed E-state index contributed by atoms with van der Waals surface area (Å²) in [6.45, 7) is 5.20. The number of likely N-dealkylation sites (tertiary alicyclic amines) is 1. The number of carboxylic acid groups (broad SMARTS) is 1. The highest BCUT2D eigenvalue weighted by Gasteiger charge is 2.54. The summed E-state index contributed by atoms with van der Waals surface area (Å²) in [7, 11) is 0. The Morgan fingerprint density at radius 1 is 1.03 bits per heavy atom. The molecule has 1 heterocycles. The lowest BCUT2D eigenvalue weighted by Crippen LogP contribution is -2.54. The van der Waals surface area contributed by atoms with E-state index in [0.29, 0.717) is 0 Å². The Balaban J connectivity index is 1.81. The fourth-order valence-electron chi connectivity index (χ4n) is 3.71. The van der Waals surface area contributed by atoms with E-state index in [9.17, 15) is 19.5 Å². The van der Waals surface area contributed by atoms with Crippen molar-refractivity contribution in [3.8, 4) is 0 Å². The van der Waals surface area contributed by atoms with Crippen molar-refractivity contribution in [2.45, 2.75) is 57.5 Å². The zero-order chi connectivity index (χ0) is 24.1. The van der Waals surface area contributed by atoms with Gasteiger partial charge >= 0.3 is 18.0 Å². The molecule has 0 spiro atoms. The van der Waals surface area contributed by atoms with Crippen molar-refractivity contribution < 1.29 is 29.0 Å². The summed E-state index contributed by atoms with van der Waals surface area (Å²) in [5.74, 6) is -1.81. The van der Waals surface area contributed by atoms with Gasteiger partial charge in [0, 0.05) is 13.0 Å². The Morgan fingerprint density at radius 3 is 2.15 bits per heavy atom. The van der Waals surface area contributed by atoms with Gasteiger partial charge in [0.05, 0.1) is 6.54 Å². The molecular formula is C25H30N2O6. The molecule has 2 aromatic rings. The Kier molecular flexibility index (Phi) is 7.38. The minimum absolute atomic E-state index is 0.00866. The normalized spacial score (nSPS) is 20.3. The molecule has 0 radical (unpaired) electrons. The van der Waals surface area contributed by atoms with Crippen molar-refractivity contribution in [3.05, 3.63) is 71.8 Å². The lowest BCUT2D eigenvalue weighted by Gasteiger charge is -2.26. The van der Waals surface area contributed by atoms with Crippen molar-refractivity contribution in [3.63, 3.8) is 0 Å². The van der Waals surface area contributed by atoms with Crippen molar-refractivity contribution >= 4 is 18.0 Å². The highest BCUT2D eigenvalue weighted by molar-refractivity contribution is 5.88. The summed E-state index contributed by atoms with van der Waals surface area (Å²) in [4.78, 5) is 39.4. The molecule has 2 N–H and O–H groups in total. The van der Waals surface area contributed by atoms with Gasteiger partial charge in [-0.25, -0.2) is 9.59 Å². The molecule has 0 aliphatic carbocycles. The van der Waals surface area contributed by atoms with Crippen LogP contribution in [0.3, 0.4) is 0 Å². The van der Waals surface area contributed by atoms with E-state index < -0.39 is 35.2 Å². The number of hydrogen-bond donors (Lipinski definition) is 2. The summed E-state index contributed by atoms with van der Waals surface area (Å²) in [5.41, 5.74) is -0.645. The quantitative estimate of drug-likeness (QED) is 0.618. The largest absolute Gasteiger partial charge is 0.480 e. The number of carboxylic acids is 1. The van der Waals surface area contributed by atoms with Crippen molar-refractivity contribution in [1.82, 2.24) is 10.2 Å². The number of carbonyl (C=O) groups excluding carboxylic acids is 2. The molecule has 0 unspecified atom stereocenters. The van der Waals surface area contributed by atoms with Gasteiger partial charge in [-0.1, -0.05) is 60.7 Å². The van der Waals surface area contributed by atoms with Crippen molar-refractivity contribution in [2.75, 3.05) is 6.54 Å². The first kappa shape index (κ1) is 24.3. The van der Waals surface area contributed by atoms with Crippen LogP contribution in [0.5, 0.6) is 0 Å². The molecule has 176 valence electrons. The number of ether oxygens (including phenoxy) is 2. The smallest absolute Gasteiger partial charge is 0.410 e.